The van der Waals surface area contributed by atoms with Gasteiger partial charge in [0.15, 0.2) is 5.96 Å². The van der Waals surface area contributed by atoms with Gasteiger partial charge in [-0.3, -0.25) is 14.6 Å². The first-order valence-electron chi connectivity index (χ1n) is 8.36. The van der Waals surface area contributed by atoms with Crippen LogP contribution in [0.15, 0.2) is 35.3 Å². The molecule has 0 aliphatic rings. The van der Waals surface area contributed by atoms with Gasteiger partial charge < -0.3 is 21.3 Å². The van der Waals surface area contributed by atoms with Gasteiger partial charge in [-0.1, -0.05) is 30.3 Å². The first-order valence-corrected chi connectivity index (χ1v) is 8.36. The number of rotatable bonds is 7. The number of amides is 2. The van der Waals surface area contributed by atoms with E-state index in [9.17, 15) is 9.59 Å². The molecule has 0 aromatic heterocycles. The van der Waals surface area contributed by atoms with Crippen molar-refractivity contribution >= 4 is 17.8 Å². The van der Waals surface area contributed by atoms with Crippen LogP contribution in [-0.2, 0) is 16.1 Å². The SMILES string of the molecule is CN=C(NCCC(=O)NCc1ccccc1)NCC(=O)NC(C)(C)C. The fraction of sp³-hybridized carbons (Fsp3) is 0.500. The second kappa shape index (κ2) is 10.3. The standard InChI is InChI=1S/C18H29N5O2/c1-18(2,3)23-16(25)13-22-17(19-4)20-11-10-15(24)21-12-14-8-6-5-7-9-14/h5-9H,10-13H2,1-4H3,(H,21,24)(H,23,25)(H2,19,20,22). The highest BCUT2D eigenvalue weighted by atomic mass is 16.2. The lowest BCUT2D eigenvalue weighted by Crippen LogP contribution is -2.48. The van der Waals surface area contributed by atoms with E-state index in [0.717, 1.165) is 5.56 Å². The van der Waals surface area contributed by atoms with Gasteiger partial charge in [0.1, 0.15) is 0 Å². The van der Waals surface area contributed by atoms with E-state index < -0.39 is 0 Å². The highest BCUT2D eigenvalue weighted by Crippen LogP contribution is 1.98. The number of carbonyl (C=O) groups excluding carboxylic acids is 2. The lowest BCUT2D eigenvalue weighted by molar-refractivity contribution is -0.122. The van der Waals surface area contributed by atoms with Gasteiger partial charge in [0.05, 0.1) is 6.54 Å². The van der Waals surface area contributed by atoms with Crippen LogP contribution in [0.4, 0.5) is 0 Å². The Morgan fingerprint density at radius 2 is 1.68 bits per heavy atom. The molecule has 7 nitrogen and oxygen atoms in total. The predicted octanol–water partition coefficient (Wildman–Crippen LogP) is 0.773. The number of carbonyl (C=O) groups is 2. The van der Waals surface area contributed by atoms with Gasteiger partial charge in [0.25, 0.3) is 0 Å². The Balaban J connectivity index is 2.22. The summed E-state index contributed by atoms with van der Waals surface area (Å²) in [6.07, 6.45) is 0.321. The molecule has 4 N–H and O–H groups in total. The highest BCUT2D eigenvalue weighted by Gasteiger charge is 2.13. The minimum Gasteiger partial charge on any atom is -0.356 e. The van der Waals surface area contributed by atoms with Crippen molar-refractivity contribution in [2.75, 3.05) is 20.1 Å². The zero-order valence-corrected chi connectivity index (χ0v) is 15.5. The molecule has 1 aromatic carbocycles. The summed E-state index contributed by atoms with van der Waals surface area (Å²) in [4.78, 5) is 27.6. The van der Waals surface area contributed by atoms with Crippen molar-refractivity contribution in [2.24, 2.45) is 4.99 Å². The Kier molecular flexibility index (Phi) is 8.46. The maximum Gasteiger partial charge on any atom is 0.239 e. The molecule has 1 rings (SSSR count). The zero-order chi connectivity index (χ0) is 18.7. The van der Waals surface area contributed by atoms with Crippen LogP contribution >= 0.6 is 0 Å². The summed E-state index contributed by atoms with van der Waals surface area (Å²) in [6.45, 7) is 6.84. The summed E-state index contributed by atoms with van der Waals surface area (Å²) >= 11 is 0. The summed E-state index contributed by atoms with van der Waals surface area (Å²) < 4.78 is 0. The minimum absolute atomic E-state index is 0.0442. The number of guanidine groups is 1. The summed E-state index contributed by atoms with van der Waals surface area (Å²) in [7, 11) is 1.62. The molecule has 1 aromatic rings. The van der Waals surface area contributed by atoms with E-state index in [4.69, 9.17) is 0 Å². The third kappa shape index (κ3) is 10.0. The van der Waals surface area contributed by atoms with Gasteiger partial charge in [-0.2, -0.15) is 0 Å². The van der Waals surface area contributed by atoms with Gasteiger partial charge in [-0.15, -0.1) is 0 Å². The van der Waals surface area contributed by atoms with Crippen LogP contribution in [0.2, 0.25) is 0 Å². The first kappa shape index (κ1) is 20.5. The van der Waals surface area contributed by atoms with Gasteiger partial charge >= 0.3 is 0 Å². The molecule has 0 fully saturated rings. The number of benzene rings is 1. The number of nitrogens with zero attached hydrogens (tertiary/aromatic N) is 1. The van der Waals surface area contributed by atoms with Crippen molar-refractivity contribution in [1.29, 1.82) is 0 Å². The Morgan fingerprint density at radius 3 is 2.28 bits per heavy atom. The van der Waals surface area contributed by atoms with Gasteiger partial charge in [0, 0.05) is 32.1 Å². The summed E-state index contributed by atoms with van der Waals surface area (Å²) in [5.41, 5.74) is 0.790. The van der Waals surface area contributed by atoms with Crippen molar-refractivity contribution < 1.29 is 9.59 Å². The van der Waals surface area contributed by atoms with Crippen molar-refractivity contribution in [3.8, 4) is 0 Å². The second-order valence-electron chi connectivity index (χ2n) is 6.66. The molecule has 0 saturated carbocycles. The fourth-order valence-corrected chi connectivity index (χ4v) is 2.03. The molecular weight excluding hydrogens is 318 g/mol. The molecule has 0 aliphatic heterocycles. The fourth-order valence-electron chi connectivity index (χ4n) is 2.03. The Labute approximate surface area is 149 Å². The maximum atomic E-state index is 11.8. The van der Waals surface area contributed by atoms with Gasteiger partial charge in [-0.05, 0) is 26.3 Å². The van der Waals surface area contributed by atoms with E-state index >= 15 is 0 Å². The molecule has 0 radical (unpaired) electrons. The van der Waals surface area contributed by atoms with Crippen LogP contribution in [0.25, 0.3) is 0 Å². The Bertz CT molecular complexity index is 579. The Hall–Kier alpha value is -2.57. The molecule has 2 amide bonds. The lowest BCUT2D eigenvalue weighted by Gasteiger charge is -2.21. The molecule has 0 unspecified atom stereocenters. The molecule has 0 atom stereocenters. The van der Waals surface area contributed by atoms with E-state index in [0.29, 0.717) is 25.5 Å². The van der Waals surface area contributed by atoms with Crippen LogP contribution in [0.1, 0.15) is 32.8 Å². The Morgan fingerprint density at radius 1 is 1.00 bits per heavy atom. The van der Waals surface area contributed by atoms with Crippen LogP contribution in [-0.4, -0.2) is 43.5 Å². The smallest absolute Gasteiger partial charge is 0.239 e. The van der Waals surface area contributed by atoms with E-state index in [1.807, 2.05) is 51.1 Å². The molecule has 25 heavy (non-hydrogen) atoms. The van der Waals surface area contributed by atoms with Crippen molar-refractivity contribution in [3.05, 3.63) is 35.9 Å². The van der Waals surface area contributed by atoms with Crippen molar-refractivity contribution in [1.82, 2.24) is 21.3 Å². The summed E-state index contributed by atoms with van der Waals surface area (Å²) in [5.74, 6) is 0.327. The molecule has 138 valence electrons. The normalized spacial score (nSPS) is 11.6. The summed E-state index contributed by atoms with van der Waals surface area (Å²) in [6, 6.07) is 9.75. The largest absolute Gasteiger partial charge is 0.356 e. The number of hydrogen-bond acceptors (Lipinski definition) is 3. The maximum absolute atomic E-state index is 11.8. The number of hydrogen-bond donors (Lipinski definition) is 4. The van der Waals surface area contributed by atoms with Gasteiger partial charge in [-0.25, -0.2) is 0 Å². The minimum atomic E-state index is -0.271. The molecule has 0 spiro atoms. The van der Waals surface area contributed by atoms with Gasteiger partial charge in [0.2, 0.25) is 11.8 Å². The monoisotopic (exact) mass is 347 g/mol. The van der Waals surface area contributed by atoms with Crippen LogP contribution in [0.3, 0.4) is 0 Å². The predicted molar refractivity (Wildman–Crippen MR) is 100 cm³/mol. The molecule has 0 heterocycles. The third-order valence-electron chi connectivity index (χ3n) is 3.13. The first-order chi connectivity index (χ1) is 11.8. The molecule has 0 aliphatic carbocycles. The van der Waals surface area contributed by atoms with Crippen molar-refractivity contribution in [3.63, 3.8) is 0 Å². The summed E-state index contributed by atoms with van der Waals surface area (Å²) in [5, 5.41) is 11.7. The van der Waals surface area contributed by atoms with Crippen molar-refractivity contribution in [2.45, 2.75) is 39.3 Å². The van der Waals surface area contributed by atoms with E-state index in [1.165, 1.54) is 0 Å². The average Bonchev–Trinajstić information content (AvgIpc) is 2.55. The van der Waals surface area contributed by atoms with Crippen LogP contribution in [0.5, 0.6) is 0 Å². The second-order valence-corrected chi connectivity index (χ2v) is 6.66. The molecule has 0 saturated heterocycles. The van der Waals surface area contributed by atoms with Crippen LogP contribution < -0.4 is 21.3 Å². The third-order valence-corrected chi connectivity index (χ3v) is 3.13. The zero-order valence-electron chi connectivity index (χ0n) is 15.5. The molecular formula is C18H29N5O2. The molecule has 0 bridgehead atoms. The highest BCUT2D eigenvalue weighted by molar-refractivity contribution is 5.87. The average molecular weight is 347 g/mol. The number of aliphatic imine (C=N–C) groups is 1. The quantitative estimate of drug-likeness (QED) is 0.433. The lowest BCUT2D eigenvalue weighted by atomic mass is 10.1. The molecule has 7 heteroatoms. The van der Waals surface area contributed by atoms with E-state index in [1.54, 1.807) is 7.05 Å². The number of nitrogens with one attached hydrogen (secondary N) is 4. The van der Waals surface area contributed by atoms with E-state index in [-0.39, 0.29) is 23.9 Å². The van der Waals surface area contributed by atoms with E-state index in [2.05, 4.69) is 26.3 Å². The topological polar surface area (TPSA) is 94.6 Å². The van der Waals surface area contributed by atoms with Crippen LogP contribution in [0, 0.1) is 0 Å².